The lowest BCUT2D eigenvalue weighted by molar-refractivity contribution is -0.146. The van der Waals surface area contributed by atoms with Gasteiger partial charge in [0.1, 0.15) is 5.92 Å². The van der Waals surface area contributed by atoms with Crippen LogP contribution in [0.5, 0.6) is 0 Å². The van der Waals surface area contributed by atoms with Crippen LogP contribution in [0.15, 0.2) is 0 Å². The normalized spacial score (nSPS) is 11.8. The van der Waals surface area contributed by atoms with Crippen LogP contribution in [0.3, 0.4) is 0 Å². The second kappa shape index (κ2) is 9.51. The zero-order valence-corrected chi connectivity index (χ0v) is 9.79. The van der Waals surface area contributed by atoms with Gasteiger partial charge in [-0.2, -0.15) is 5.26 Å². The van der Waals surface area contributed by atoms with Crippen molar-refractivity contribution >= 4 is 5.97 Å². The number of hydrogen-bond acceptors (Lipinski definition) is 3. The van der Waals surface area contributed by atoms with Gasteiger partial charge in [0.15, 0.2) is 0 Å². The zero-order chi connectivity index (χ0) is 11.5. The minimum Gasteiger partial charge on any atom is -0.465 e. The molecule has 0 aliphatic rings. The van der Waals surface area contributed by atoms with Gasteiger partial charge in [-0.05, 0) is 13.3 Å². The van der Waals surface area contributed by atoms with Crippen LogP contribution in [0, 0.1) is 17.2 Å². The van der Waals surface area contributed by atoms with Gasteiger partial charge in [0.2, 0.25) is 0 Å². The van der Waals surface area contributed by atoms with Crippen molar-refractivity contribution in [2.75, 3.05) is 6.61 Å². The van der Waals surface area contributed by atoms with E-state index in [1.54, 1.807) is 6.92 Å². The summed E-state index contributed by atoms with van der Waals surface area (Å²) < 4.78 is 4.81. The SMILES string of the molecule is CCCCCCC[C@H](C#N)C(=O)OCC. The Bertz CT molecular complexity index is 208. The Balaban J connectivity index is 3.62. The molecule has 0 aliphatic carbocycles. The van der Waals surface area contributed by atoms with Crippen LogP contribution in [0.25, 0.3) is 0 Å². The van der Waals surface area contributed by atoms with Gasteiger partial charge in [-0.15, -0.1) is 0 Å². The third kappa shape index (κ3) is 6.96. The standard InChI is InChI=1S/C12H21NO2/c1-3-5-6-7-8-9-11(10-13)12(14)15-4-2/h11H,3-9H2,1-2H3/t11-/m1/s1. The summed E-state index contributed by atoms with van der Waals surface area (Å²) in [5.41, 5.74) is 0. The van der Waals surface area contributed by atoms with Crippen LogP contribution < -0.4 is 0 Å². The summed E-state index contributed by atoms with van der Waals surface area (Å²) in [5, 5.41) is 8.77. The van der Waals surface area contributed by atoms with Gasteiger partial charge in [-0.3, -0.25) is 4.79 Å². The zero-order valence-electron chi connectivity index (χ0n) is 9.79. The molecule has 0 fully saturated rings. The molecule has 0 saturated heterocycles. The van der Waals surface area contributed by atoms with Crippen molar-refractivity contribution in [3.05, 3.63) is 0 Å². The second-order valence-corrected chi connectivity index (χ2v) is 3.64. The largest absolute Gasteiger partial charge is 0.465 e. The fourth-order valence-electron chi connectivity index (χ4n) is 1.43. The molecule has 86 valence electrons. The van der Waals surface area contributed by atoms with Crippen molar-refractivity contribution in [2.24, 2.45) is 5.92 Å². The smallest absolute Gasteiger partial charge is 0.323 e. The number of ether oxygens (including phenoxy) is 1. The van der Waals surface area contributed by atoms with Crippen LogP contribution in [0.2, 0.25) is 0 Å². The first-order chi connectivity index (χ1) is 7.26. The molecule has 0 bridgehead atoms. The molecule has 0 radical (unpaired) electrons. The lowest BCUT2D eigenvalue weighted by Crippen LogP contribution is -2.16. The average Bonchev–Trinajstić information content (AvgIpc) is 2.23. The van der Waals surface area contributed by atoms with E-state index in [2.05, 4.69) is 6.92 Å². The van der Waals surface area contributed by atoms with Gasteiger partial charge < -0.3 is 4.74 Å². The highest BCUT2D eigenvalue weighted by molar-refractivity contribution is 5.75. The minimum atomic E-state index is -0.563. The second-order valence-electron chi connectivity index (χ2n) is 3.64. The molecule has 3 nitrogen and oxygen atoms in total. The summed E-state index contributed by atoms with van der Waals surface area (Å²) >= 11 is 0. The summed E-state index contributed by atoms with van der Waals surface area (Å²) in [7, 11) is 0. The van der Waals surface area contributed by atoms with Crippen LogP contribution in [-0.2, 0) is 9.53 Å². The highest BCUT2D eigenvalue weighted by Crippen LogP contribution is 2.12. The summed E-state index contributed by atoms with van der Waals surface area (Å²) in [4.78, 5) is 11.2. The molecule has 0 aromatic carbocycles. The highest BCUT2D eigenvalue weighted by Gasteiger charge is 2.17. The Kier molecular flexibility index (Phi) is 8.85. The molecular formula is C12H21NO2. The summed E-state index contributed by atoms with van der Waals surface area (Å²) in [5.74, 6) is -0.929. The predicted octanol–water partition coefficient (Wildman–Crippen LogP) is 3.05. The molecular weight excluding hydrogens is 190 g/mol. The average molecular weight is 211 g/mol. The molecule has 0 saturated carbocycles. The van der Waals surface area contributed by atoms with Gasteiger partial charge in [0.25, 0.3) is 0 Å². The van der Waals surface area contributed by atoms with E-state index in [0.717, 1.165) is 12.8 Å². The summed E-state index contributed by atoms with van der Waals surface area (Å²) in [6.45, 7) is 4.27. The topological polar surface area (TPSA) is 50.1 Å². The maximum absolute atomic E-state index is 11.2. The van der Waals surface area contributed by atoms with Crippen LogP contribution >= 0.6 is 0 Å². The number of rotatable bonds is 8. The third-order valence-electron chi connectivity index (χ3n) is 2.32. The Morgan fingerprint density at radius 3 is 2.47 bits per heavy atom. The molecule has 3 heteroatoms. The van der Waals surface area contributed by atoms with Gasteiger partial charge in [-0.1, -0.05) is 39.0 Å². The quantitative estimate of drug-likeness (QED) is 0.458. The van der Waals surface area contributed by atoms with E-state index in [4.69, 9.17) is 10.00 Å². The molecule has 0 spiro atoms. The lowest BCUT2D eigenvalue weighted by Gasteiger charge is -2.07. The molecule has 1 atom stereocenters. The molecule has 15 heavy (non-hydrogen) atoms. The summed E-state index contributed by atoms with van der Waals surface area (Å²) in [6.07, 6.45) is 6.31. The molecule has 0 aromatic rings. The fourth-order valence-corrected chi connectivity index (χ4v) is 1.43. The maximum Gasteiger partial charge on any atom is 0.323 e. The van der Waals surface area contributed by atoms with Crippen molar-refractivity contribution in [2.45, 2.75) is 52.4 Å². The Morgan fingerprint density at radius 2 is 1.93 bits per heavy atom. The van der Waals surface area contributed by atoms with E-state index in [1.807, 2.05) is 6.07 Å². The van der Waals surface area contributed by atoms with Crippen molar-refractivity contribution in [3.63, 3.8) is 0 Å². The van der Waals surface area contributed by atoms with E-state index in [1.165, 1.54) is 19.3 Å². The van der Waals surface area contributed by atoms with Gasteiger partial charge in [0.05, 0.1) is 12.7 Å². The van der Waals surface area contributed by atoms with Crippen LogP contribution in [0.4, 0.5) is 0 Å². The fraction of sp³-hybridized carbons (Fsp3) is 0.833. The minimum absolute atomic E-state index is 0.354. The molecule has 0 unspecified atom stereocenters. The van der Waals surface area contributed by atoms with E-state index < -0.39 is 5.92 Å². The number of nitriles is 1. The van der Waals surface area contributed by atoms with Crippen molar-refractivity contribution in [3.8, 4) is 6.07 Å². The first-order valence-electron chi connectivity index (χ1n) is 5.82. The maximum atomic E-state index is 11.2. The van der Waals surface area contributed by atoms with Crippen molar-refractivity contribution in [1.29, 1.82) is 5.26 Å². The Labute approximate surface area is 92.4 Å². The molecule has 0 amide bonds. The van der Waals surface area contributed by atoms with Crippen molar-refractivity contribution in [1.82, 2.24) is 0 Å². The highest BCUT2D eigenvalue weighted by atomic mass is 16.5. The molecule has 0 aliphatic heterocycles. The summed E-state index contributed by atoms with van der Waals surface area (Å²) in [6, 6.07) is 2.00. The number of hydrogen-bond donors (Lipinski definition) is 0. The van der Waals surface area contributed by atoms with Crippen LogP contribution in [0.1, 0.15) is 52.4 Å². The number of carbonyl (C=O) groups excluding carboxylic acids is 1. The van der Waals surface area contributed by atoms with Gasteiger partial charge in [-0.25, -0.2) is 0 Å². The Morgan fingerprint density at radius 1 is 1.27 bits per heavy atom. The molecule has 0 aromatic heterocycles. The molecule has 0 heterocycles. The van der Waals surface area contributed by atoms with E-state index >= 15 is 0 Å². The monoisotopic (exact) mass is 211 g/mol. The Hall–Kier alpha value is -1.04. The van der Waals surface area contributed by atoms with E-state index in [-0.39, 0.29) is 5.97 Å². The number of nitrogens with zero attached hydrogens (tertiary/aromatic N) is 1. The predicted molar refractivity (Wildman–Crippen MR) is 59.1 cm³/mol. The number of esters is 1. The molecule has 0 N–H and O–H groups in total. The third-order valence-corrected chi connectivity index (χ3v) is 2.32. The molecule has 0 rings (SSSR count). The first kappa shape index (κ1) is 14.0. The van der Waals surface area contributed by atoms with Crippen LogP contribution in [-0.4, -0.2) is 12.6 Å². The first-order valence-corrected chi connectivity index (χ1v) is 5.82. The van der Waals surface area contributed by atoms with Crippen molar-refractivity contribution < 1.29 is 9.53 Å². The number of unbranched alkanes of at least 4 members (excludes halogenated alkanes) is 4. The van der Waals surface area contributed by atoms with E-state index in [0.29, 0.717) is 13.0 Å². The van der Waals surface area contributed by atoms with E-state index in [9.17, 15) is 4.79 Å². The lowest BCUT2D eigenvalue weighted by atomic mass is 10.0. The van der Waals surface area contributed by atoms with Gasteiger partial charge >= 0.3 is 5.97 Å². The van der Waals surface area contributed by atoms with Gasteiger partial charge in [0, 0.05) is 0 Å². The number of carbonyl (C=O) groups is 1.